The maximum absolute atomic E-state index is 3.92. The molecule has 0 aromatic rings. The predicted octanol–water partition coefficient (Wildman–Crippen LogP) is 6.23. The SMILES string of the molecule is C=CC(=CCC)CCC1C=C(C)C(C)CC(C)=CC1. The molecular weight excluding hydrogens is 228 g/mol. The lowest BCUT2D eigenvalue weighted by Gasteiger charge is -2.21. The minimum atomic E-state index is 0.693. The van der Waals surface area contributed by atoms with Gasteiger partial charge in [0.2, 0.25) is 0 Å². The molecule has 0 heteroatoms. The summed E-state index contributed by atoms with van der Waals surface area (Å²) in [6.07, 6.45) is 15.2. The molecule has 0 N–H and O–H groups in total. The third-order valence-corrected chi connectivity index (χ3v) is 4.21. The molecule has 0 saturated heterocycles. The van der Waals surface area contributed by atoms with E-state index in [0.29, 0.717) is 11.8 Å². The van der Waals surface area contributed by atoms with Gasteiger partial charge in [0.05, 0.1) is 0 Å². The van der Waals surface area contributed by atoms with Crippen LogP contribution in [0.25, 0.3) is 0 Å². The van der Waals surface area contributed by atoms with E-state index in [1.54, 1.807) is 11.1 Å². The molecule has 1 aliphatic rings. The monoisotopic (exact) mass is 258 g/mol. The van der Waals surface area contributed by atoms with Crippen molar-refractivity contribution in [1.82, 2.24) is 0 Å². The summed E-state index contributed by atoms with van der Waals surface area (Å²) in [5.41, 5.74) is 4.53. The van der Waals surface area contributed by atoms with Gasteiger partial charge >= 0.3 is 0 Å². The fourth-order valence-corrected chi connectivity index (χ4v) is 2.79. The van der Waals surface area contributed by atoms with E-state index in [1.165, 1.54) is 24.8 Å². The van der Waals surface area contributed by atoms with Crippen LogP contribution in [-0.2, 0) is 0 Å². The number of hydrogen-bond donors (Lipinski definition) is 0. The van der Waals surface area contributed by atoms with E-state index in [9.17, 15) is 0 Å². The predicted molar refractivity (Wildman–Crippen MR) is 87.2 cm³/mol. The zero-order valence-electron chi connectivity index (χ0n) is 13.2. The lowest BCUT2D eigenvalue weighted by Crippen LogP contribution is -2.06. The first-order valence-electron chi connectivity index (χ1n) is 7.72. The topological polar surface area (TPSA) is 0 Å². The van der Waals surface area contributed by atoms with E-state index in [4.69, 9.17) is 0 Å². The van der Waals surface area contributed by atoms with Crippen molar-refractivity contribution in [3.63, 3.8) is 0 Å². The van der Waals surface area contributed by atoms with Crippen LogP contribution < -0.4 is 0 Å². The Morgan fingerprint density at radius 2 is 2.16 bits per heavy atom. The molecule has 0 bridgehead atoms. The number of rotatable bonds is 5. The van der Waals surface area contributed by atoms with Crippen molar-refractivity contribution in [2.45, 2.75) is 59.8 Å². The fraction of sp³-hybridized carbons (Fsp3) is 0.579. The highest BCUT2D eigenvalue weighted by atomic mass is 14.2. The standard InChI is InChI=1S/C19H30/c1-6-8-18(7-2)11-12-19-10-9-15(3)13-16(4)17(5)14-19/h7-9,14,16,19H,2,6,10-13H2,1,3-5H3. The second kappa shape index (κ2) is 8.19. The minimum Gasteiger partial charge on any atom is -0.0988 e. The van der Waals surface area contributed by atoms with E-state index < -0.39 is 0 Å². The second-order valence-electron chi connectivity index (χ2n) is 5.99. The van der Waals surface area contributed by atoms with Crippen molar-refractivity contribution >= 4 is 0 Å². The maximum Gasteiger partial charge on any atom is -0.0193 e. The van der Waals surface area contributed by atoms with Crippen LogP contribution in [0.15, 0.2) is 47.6 Å². The van der Waals surface area contributed by atoms with Crippen molar-refractivity contribution in [2.75, 3.05) is 0 Å². The molecule has 19 heavy (non-hydrogen) atoms. The molecule has 0 saturated carbocycles. The Balaban J connectivity index is 2.67. The lowest BCUT2D eigenvalue weighted by molar-refractivity contribution is 0.562. The number of allylic oxidation sites excluding steroid dienone is 7. The normalized spacial score (nSPS) is 25.2. The van der Waals surface area contributed by atoms with E-state index in [2.05, 4.69) is 52.5 Å². The third-order valence-electron chi connectivity index (χ3n) is 4.21. The molecular formula is C19H30. The van der Waals surface area contributed by atoms with Crippen LogP contribution in [0.3, 0.4) is 0 Å². The van der Waals surface area contributed by atoms with Gasteiger partial charge in [0.15, 0.2) is 0 Å². The summed E-state index contributed by atoms with van der Waals surface area (Å²) >= 11 is 0. The quantitative estimate of drug-likeness (QED) is 0.405. The second-order valence-corrected chi connectivity index (χ2v) is 5.99. The number of hydrogen-bond acceptors (Lipinski definition) is 0. The largest absolute Gasteiger partial charge is 0.0988 e. The summed E-state index contributed by atoms with van der Waals surface area (Å²) < 4.78 is 0. The Morgan fingerprint density at radius 3 is 2.79 bits per heavy atom. The molecule has 2 unspecified atom stereocenters. The molecule has 0 aliphatic heterocycles. The molecule has 2 atom stereocenters. The van der Waals surface area contributed by atoms with E-state index in [0.717, 1.165) is 12.8 Å². The summed E-state index contributed by atoms with van der Waals surface area (Å²) in [7, 11) is 0. The van der Waals surface area contributed by atoms with Crippen molar-refractivity contribution < 1.29 is 0 Å². The zero-order chi connectivity index (χ0) is 14.3. The Hall–Kier alpha value is -1.04. The Morgan fingerprint density at radius 1 is 1.42 bits per heavy atom. The van der Waals surface area contributed by atoms with Gasteiger partial charge in [-0.2, -0.15) is 0 Å². The van der Waals surface area contributed by atoms with Crippen LogP contribution in [-0.4, -0.2) is 0 Å². The van der Waals surface area contributed by atoms with E-state index in [-0.39, 0.29) is 0 Å². The first-order chi connectivity index (χ1) is 9.06. The van der Waals surface area contributed by atoms with Crippen LogP contribution in [0, 0.1) is 11.8 Å². The highest BCUT2D eigenvalue weighted by molar-refractivity contribution is 5.18. The van der Waals surface area contributed by atoms with Gasteiger partial charge in [-0.05, 0) is 57.8 Å². The summed E-state index contributed by atoms with van der Waals surface area (Å²) in [6.45, 7) is 13.0. The highest BCUT2D eigenvalue weighted by Crippen LogP contribution is 2.28. The van der Waals surface area contributed by atoms with Gasteiger partial charge in [-0.15, -0.1) is 0 Å². The molecule has 0 aromatic carbocycles. The van der Waals surface area contributed by atoms with Crippen LogP contribution in [0.5, 0.6) is 0 Å². The van der Waals surface area contributed by atoms with Gasteiger partial charge < -0.3 is 0 Å². The maximum atomic E-state index is 3.92. The van der Waals surface area contributed by atoms with Gasteiger partial charge in [-0.3, -0.25) is 0 Å². The molecule has 106 valence electrons. The molecule has 0 nitrogen and oxygen atoms in total. The zero-order valence-corrected chi connectivity index (χ0v) is 13.2. The van der Waals surface area contributed by atoms with Gasteiger partial charge in [0, 0.05) is 0 Å². The summed E-state index contributed by atoms with van der Waals surface area (Å²) in [6, 6.07) is 0. The molecule has 0 amide bonds. The average Bonchev–Trinajstić information content (AvgIpc) is 2.38. The van der Waals surface area contributed by atoms with E-state index >= 15 is 0 Å². The van der Waals surface area contributed by atoms with Crippen molar-refractivity contribution in [2.24, 2.45) is 11.8 Å². The van der Waals surface area contributed by atoms with Gasteiger partial charge in [-0.1, -0.05) is 61.4 Å². The summed E-state index contributed by atoms with van der Waals surface area (Å²) in [5, 5.41) is 0. The first-order valence-corrected chi connectivity index (χ1v) is 7.72. The van der Waals surface area contributed by atoms with Gasteiger partial charge in [0.25, 0.3) is 0 Å². The molecule has 1 aliphatic carbocycles. The minimum absolute atomic E-state index is 0.693. The summed E-state index contributed by atoms with van der Waals surface area (Å²) in [5.74, 6) is 1.39. The van der Waals surface area contributed by atoms with Gasteiger partial charge in [-0.25, -0.2) is 0 Å². The molecule has 0 aromatic heterocycles. The molecule has 0 spiro atoms. The van der Waals surface area contributed by atoms with Gasteiger partial charge in [0.1, 0.15) is 0 Å². The Labute approximate surface area is 120 Å². The average molecular weight is 258 g/mol. The summed E-state index contributed by atoms with van der Waals surface area (Å²) in [4.78, 5) is 0. The van der Waals surface area contributed by atoms with Crippen LogP contribution in [0.2, 0.25) is 0 Å². The Kier molecular flexibility index (Phi) is 6.91. The van der Waals surface area contributed by atoms with Crippen LogP contribution >= 0.6 is 0 Å². The Bertz CT molecular complexity index is 379. The van der Waals surface area contributed by atoms with Crippen LogP contribution in [0.1, 0.15) is 59.8 Å². The third kappa shape index (κ3) is 5.63. The van der Waals surface area contributed by atoms with Crippen LogP contribution in [0.4, 0.5) is 0 Å². The smallest absolute Gasteiger partial charge is 0.0193 e. The lowest BCUT2D eigenvalue weighted by atomic mass is 9.85. The first kappa shape index (κ1) is 16.0. The fourth-order valence-electron chi connectivity index (χ4n) is 2.79. The van der Waals surface area contributed by atoms with E-state index in [1.807, 2.05) is 6.08 Å². The molecule has 0 heterocycles. The highest BCUT2D eigenvalue weighted by Gasteiger charge is 2.13. The molecule has 0 fully saturated rings. The van der Waals surface area contributed by atoms with Crippen molar-refractivity contribution in [1.29, 1.82) is 0 Å². The van der Waals surface area contributed by atoms with Crippen molar-refractivity contribution in [3.8, 4) is 0 Å². The molecule has 1 rings (SSSR count). The van der Waals surface area contributed by atoms with Crippen molar-refractivity contribution in [3.05, 3.63) is 47.6 Å². The molecule has 0 radical (unpaired) electrons.